The van der Waals surface area contributed by atoms with Gasteiger partial charge in [-0.1, -0.05) is 0 Å². The average Bonchev–Trinajstić information content (AvgIpc) is 2.51. The molecule has 4 heteroatoms. The second kappa shape index (κ2) is 6.57. The predicted octanol–water partition coefficient (Wildman–Crippen LogP) is 2.33. The molecule has 0 radical (unpaired) electrons. The minimum Gasteiger partial charge on any atom is -0.297 e. The summed E-state index contributed by atoms with van der Waals surface area (Å²) < 4.78 is 0. The molecule has 0 bridgehead atoms. The van der Waals surface area contributed by atoms with Crippen molar-refractivity contribution in [2.45, 2.75) is 25.8 Å². The molecule has 0 N–H and O–H groups in total. The summed E-state index contributed by atoms with van der Waals surface area (Å²) in [6.45, 7) is 3.24. The van der Waals surface area contributed by atoms with Gasteiger partial charge in [-0.15, -0.1) is 0 Å². The van der Waals surface area contributed by atoms with Crippen LogP contribution in [0.3, 0.4) is 0 Å². The fourth-order valence-electron chi connectivity index (χ4n) is 2.84. The van der Waals surface area contributed by atoms with Crippen LogP contribution in [0.25, 0.3) is 0 Å². The van der Waals surface area contributed by atoms with Gasteiger partial charge in [0.25, 0.3) is 0 Å². The van der Waals surface area contributed by atoms with E-state index in [-0.39, 0.29) is 0 Å². The summed E-state index contributed by atoms with van der Waals surface area (Å²) in [6.07, 6.45) is 12.8. The molecule has 0 unspecified atom stereocenters. The molecule has 1 aliphatic heterocycles. The maximum atomic E-state index is 4.35. The van der Waals surface area contributed by atoms with E-state index in [1.165, 1.54) is 24.8 Å². The quantitative estimate of drug-likeness (QED) is 0.853. The molecule has 0 aromatic carbocycles. The Hall–Kier alpha value is -1.81. The molecule has 20 heavy (non-hydrogen) atoms. The number of rotatable bonds is 4. The normalized spacial score (nSPS) is 17.2. The lowest BCUT2D eigenvalue weighted by Gasteiger charge is -2.31. The number of nitrogens with zero attached hydrogens (tertiary/aromatic N) is 4. The first-order valence-corrected chi connectivity index (χ1v) is 7.26. The molecule has 0 amide bonds. The third-order valence-electron chi connectivity index (χ3n) is 3.98. The van der Waals surface area contributed by atoms with Crippen LogP contribution in [-0.2, 0) is 13.0 Å². The molecular formula is C16H20N4. The minimum atomic E-state index is 0.801. The SMILES string of the molecule is c1cc(CC2CCN(Cc3cnccn3)CC2)ccn1. The highest BCUT2D eigenvalue weighted by Crippen LogP contribution is 2.22. The molecule has 104 valence electrons. The van der Waals surface area contributed by atoms with Gasteiger partial charge in [0.05, 0.1) is 5.69 Å². The molecule has 1 aliphatic rings. The van der Waals surface area contributed by atoms with Crippen molar-refractivity contribution >= 4 is 0 Å². The highest BCUT2D eigenvalue weighted by molar-refractivity contribution is 5.10. The highest BCUT2D eigenvalue weighted by Gasteiger charge is 2.19. The molecule has 0 spiro atoms. The van der Waals surface area contributed by atoms with Gasteiger partial charge in [-0.3, -0.25) is 19.9 Å². The third kappa shape index (κ3) is 3.61. The largest absolute Gasteiger partial charge is 0.297 e. The van der Waals surface area contributed by atoms with E-state index in [2.05, 4.69) is 32.0 Å². The summed E-state index contributed by atoms with van der Waals surface area (Å²) >= 11 is 0. The number of hydrogen-bond acceptors (Lipinski definition) is 4. The molecule has 2 aromatic heterocycles. The highest BCUT2D eigenvalue weighted by atomic mass is 15.1. The van der Waals surface area contributed by atoms with Gasteiger partial charge < -0.3 is 0 Å². The lowest BCUT2D eigenvalue weighted by molar-refractivity contribution is 0.175. The van der Waals surface area contributed by atoms with Gasteiger partial charge in [0.1, 0.15) is 0 Å². The van der Waals surface area contributed by atoms with Crippen molar-refractivity contribution in [2.24, 2.45) is 5.92 Å². The summed E-state index contributed by atoms with van der Waals surface area (Å²) in [5, 5.41) is 0. The van der Waals surface area contributed by atoms with Gasteiger partial charge in [-0.25, -0.2) is 0 Å². The molecule has 0 atom stereocenters. The van der Waals surface area contributed by atoms with Gasteiger partial charge in [0.2, 0.25) is 0 Å². The van der Waals surface area contributed by atoms with Gasteiger partial charge in [0.15, 0.2) is 0 Å². The Bertz CT molecular complexity index is 457. The Morgan fingerprint density at radius 2 is 1.80 bits per heavy atom. The zero-order valence-corrected chi connectivity index (χ0v) is 11.7. The first-order chi connectivity index (χ1) is 9.90. The smallest absolute Gasteiger partial charge is 0.0726 e. The maximum Gasteiger partial charge on any atom is 0.0726 e. The van der Waals surface area contributed by atoms with Crippen LogP contribution in [0.1, 0.15) is 24.1 Å². The van der Waals surface area contributed by atoms with E-state index in [4.69, 9.17) is 0 Å². The monoisotopic (exact) mass is 268 g/mol. The fourth-order valence-corrected chi connectivity index (χ4v) is 2.84. The van der Waals surface area contributed by atoms with E-state index < -0.39 is 0 Å². The number of aromatic nitrogens is 3. The topological polar surface area (TPSA) is 41.9 Å². The minimum absolute atomic E-state index is 0.801. The lowest BCUT2D eigenvalue weighted by atomic mass is 9.90. The zero-order chi connectivity index (χ0) is 13.6. The Labute approximate surface area is 119 Å². The average molecular weight is 268 g/mol. The van der Waals surface area contributed by atoms with Crippen LogP contribution in [0.15, 0.2) is 43.1 Å². The van der Waals surface area contributed by atoms with Crippen LogP contribution in [-0.4, -0.2) is 32.9 Å². The van der Waals surface area contributed by atoms with Crippen molar-refractivity contribution in [1.29, 1.82) is 0 Å². The molecular weight excluding hydrogens is 248 g/mol. The molecule has 0 aliphatic carbocycles. The molecule has 3 rings (SSSR count). The molecule has 4 nitrogen and oxygen atoms in total. The van der Waals surface area contributed by atoms with Crippen molar-refractivity contribution in [3.63, 3.8) is 0 Å². The van der Waals surface area contributed by atoms with E-state index >= 15 is 0 Å². The van der Waals surface area contributed by atoms with Crippen LogP contribution in [0, 0.1) is 5.92 Å². The van der Waals surface area contributed by atoms with Crippen LogP contribution < -0.4 is 0 Å². The first-order valence-electron chi connectivity index (χ1n) is 7.26. The van der Waals surface area contributed by atoms with Gasteiger partial charge in [-0.2, -0.15) is 0 Å². The Kier molecular flexibility index (Phi) is 4.33. The van der Waals surface area contributed by atoms with E-state index in [0.29, 0.717) is 0 Å². The Balaban J connectivity index is 1.47. The number of hydrogen-bond donors (Lipinski definition) is 0. The van der Waals surface area contributed by atoms with Crippen LogP contribution in [0.4, 0.5) is 0 Å². The van der Waals surface area contributed by atoms with E-state index in [1.54, 1.807) is 12.4 Å². The van der Waals surface area contributed by atoms with E-state index in [0.717, 1.165) is 31.2 Å². The lowest BCUT2D eigenvalue weighted by Crippen LogP contribution is -2.34. The third-order valence-corrected chi connectivity index (χ3v) is 3.98. The van der Waals surface area contributed by atoms with Crippen molar-refractivity contribution in [1.82, 2.24) is 19.9 Å². The number of pyridine rings is 1. The molecule has 1 saturated heterocycles. The first kappa shape index (κ1) is 13.2. The summed E-state index contributed by atoms with van der Waals surface area (Å²) in [4.78, 5) is 15.0. The van der Waals surface area contributed by atoms with Crippen molar-refractivity contribution < 1.29 is 0 Å². The Morgan fingerprint density at radius 3 is 2.50 bits per heavy atom. The maximum absolute atomic E-state index is 4.35. The fraction of sp³-hybridized carbons (Fsp3) is 0.438. The van der Waals surface area contributed by atoms with Gasteiger partial charge in [-0.05, 0) is 56.0 Å². The summed E-state index contributed by atoms with van der Waals surface area (Å²) in [5.74, 6) is 0.801. The van der Waals surface area contributed by atoms with E-state index in [1.807, 2.05) is 18.6 Å². The molecule has 2 aromatic rings. The zero-order valence-electron chi connectivity index (χ0n) is 11.7. The summed E-state index contributed by atoms with van der Waals surface area (Å²) in [6, 6.07) is 4.26. The van der Waals surface area contributed by atoms with Crippen LogP contribution in [0.2, 0.25) is 0 Å². The second-order valence-corrected chi connectivity index (χ2v) is 5.48. The number of likely N-dealkylation sites (tertiary alicyclic amines) is 1. The molecule has 1 fully saturated rings. The molecule has 0 saturated carbocycles. The van der Waals surface area contributed by atoms with Gasteiger partial charge in [0, 0.05) is 37.5 Å². The van der Waals surface area contributed by atoms with Gasteiger partial charge >= 0.3 is 0 Å². The molecule has 3 heterocycles. The number of piperidine rings is 1. The predicted molar refractivity (Wildman–Crippen MR) is 78.0 cm³/mol. The van der Waals surface area contributed by atoms with Crippen molar-refractivity contribution in [2.75, 3.05) is 13.1 Å². The van der Waals surface area contributed by atoms with Crippen LogP contribution >= 0.6 is 0 Å². The second-order valence-electron chi connectivity index (χ2n) is 5.48. The standard InChI is InChI=1S/C16H20N4/c1-5-17-6-2-14(1)11-15-3-9-20(10-4-15)13-16-12-18-7-8-19-16/h1-2,5-8,12,15H,3-4,9-11,13H2. The van der Waals surface area contributed by atoms with Crippen molar-refractivity contribution in [3.05, 3.63) is 54.4 Å². The summed E-state index contributed by atoms with van der Waals surface area (Å²) in [7, 11) is 0. The van der Waals surface area contributed by atoms with E-state index in [9.17, 15) is 0 Å². The Morgan fingerprint density at radius 1 is 1.00 bits per heavy atom. The summed E-state index contributed by atoms with van der Waals surface area (Å²) in [5.41, 5.74) is 2.48. The van der Waals surface area contributed by atoms with Crippen molar-refractivity contribution in [3.8, 4) is 0 Å². The van der Waals surface area contributed by atoms with Crippen LogP contribution in [0.5, 0.6) is 0 Å².